The SMILES string of the molecule is NCC(=O)N[C@H](C(=O)NCC(=O)N[C@H](C(=O)NCC(=O)N[C@H](C(=O)O)[C@@H](O)Cn1cnc2c(N)ncnc21)[C@@H](O)Cn1cnc2c(N)ncnc21)[C@@H](O)Cn1ccc(=O)[nH]c1=O. The van der Waals surface area contributed by atoms with Crippen LogP contribution in [0.5, 0.6) is 0 Å². The molecule has 0 aromatic carbocycles. The predicted molar refractivity (Wildman–Crippen MR) is 207 cm³/mol. The Morgan fingerprint density at radius 1 is 0.645 bits per heavy atom. The Labute approximate surface area is 345 Å². The van der Waals surface area contributed by atoms with Crippen molar-refractivity contribution in [3.8, 4) is 0 Å². The summed E-state index contributed by atoms with van der Waals surface area (Å²) in [7, 11) is 0. The van der Waals surface area contributed by atoms with Gasteiger partial charge in [-0.1, -0.05) is 0 Å². The third-order valence-corrected chi connectivity index (χ3v) is 8.87. The van der Waals surface area contributed by atoms with E-state index in [0.717, 1.165) is 29.5 Å². The van der Waals surface area contributed by atoms with E-state index in [2.05, 4.69) is 56.5 Å². The fourth-order valence-corrected chi connectivity index (χ4v) is 5.81. The lowest BCUT2D eigenvalue weighted by molar-refractivity contribution is -0.145. The number of nitrogens with two attached hydrogens (primary N) is 3. The van der Waals surface area contributed by atoms with Crippen molar-refractivity contribution in [3.05, 3.63) is 58.4 Å². The lowest BCUT2D eigenvalue weighted by atomic mass is 10.1. The molecule has 0 aliphatic heterocycles. The molecule has 5 aromatic rings. The van der Waals surface area contributed by atoms with E-state index in [1.54, 1.807) is 0 Å². The van der Waals surface area contributed by atoms with E-state index >= 15 is 0 Å². The number of nitrogen functional groups attached to an aromatic ring is 2. The van der Waals surface area contributed by atoms with Gasteiger partial charge in [0.05, 0.1) is 51.9 Å². The van der Waals surface area contributed by atoms with Crippen LogP contribution in [-0.4, -0.2) is 161 Å². The number of aliphatic hydroxyl groups is 3. The summed E-state index contributed by atoms with van der Waals surface area (Å²) in [5, 5.41) is 53.4. The predicted octanol–water partition coefficient (Wildman–Crippen LogP) is -8.81. The number of amides is 5. The monoisotopic (exact) mass is 868 g/mol. The normalized spacial score (nSPS) is 14.2. The summed E-state index contributed by atoms with van der Waals surface area (Å²) in [6.07, 6.45) is 0.256. The number of carbonyl (C=O) groups excluding carboxylic acids is 5. The van der Waals surface area contributed by atoms with Gasteiger partial charge in [0.15, 0.2) is 29.0 Å². The molecular formula is C32H40N18O12. The molecule has 0 bridgehead atoms. The van der Waals surface area contributed by atoms with E-state index in [9.17, 15) is 58.8 Å². The molecule has 0 fully saturated rings. The molecule has 0 radical (unpaired) electrons. The number of H-pyrrole nitrogens is 1. The van der Waals surface area contributed by atoms with Gasteiger partial charge in [0.25, 0.3) is 5.56 Å². The summed E-state index contributed by atoms with van der Waals surface area (Å²) < 4.78 is 3.38. The van der Waals surface area contributed by atoms with Gasteiger partial charge in [-0.2, -0.15) is 0 Å². The van der Waals surface area contributed by atoms with Crippen LogP contribution in [0, 0.1) is 0 Å². The van der Waals surface area contributed by atoms with E-state index in [-0.39, 0.29) is 34.0 Å². The van der Waals surface area contributed by atoms with E-state index in [1.807, 2.05) is 4.98 Å². The van der Waals surface area contributed by atoms with Crippen molar-refractivity contribution in [3.63, 3.8) is 0 Å². The molecule has 62 heavy (non-hydrogen) atoms. The van der Waals surface area contributed by atoms with Crippen LogP contribution in [0.25, 0.3) is 22.3 Å². The lowest BCUT2D eigenvalue weighted by Crippen LogP contribution is -2.59. The first-order valence-corrected chi connectivity index (χ1v) is 18.0. The number of fused-ring (bicyclic) bond motifs is 2. The van der Waals surface area contributed by atoms with Gasteiger partial charge < -0.3 is 73.3 Å². The summed E-state index contributed by atoms with van der Waals surface area (Å²) in [4.78, 5) is 126. The Kier molecular flexibility index (Phi) is 14.5. The van der Waals surface area contributed by atoms with Crippen molar-refractivity contribution in [1.82, 2.24) is 75.2 Å². The average Bonchev–Trinajstić information content (AvgIpc) is 3.84. The van der Waals surface area contributed by atoms with Crippen molar-refractivity contribution in [1.29, 1.82) is 0 Å². The molecule has 30 heteroatoms. The highest BCUT2D eigenvalue weighted by Gasteiger charge is 2.34. The van der Waals surface area contributed by atoms with Crippen LogP contribution in [0.4, 0.5) is 11.6 Å². The number of anilines is 2. The number of imidazole rings is 2. The van der Waals surface area contributed by atoms with E-state index < -0.39 is 122 Å². The Hall–Kier alpha value is -7.96. The Bertz CT molecular complexity index is 2590. The molecule has 5 rings (SSSR count). The minimum Gasteiger partial charge on any atom is -0.480 e. The topological polar surface area (TPSA) is 464 Å². The van der Waals surface area contributed by atoms with E-state index in [0.29, 0.717) is 0 Å². The van der Waals surface area contributed by atoms with Crippen LogP contribution >= 0.6 is 0 Å². The molecule has 5 aromatic heterocycles. The smallest absolute Gasteiger partial charge is 0.329 e. The number of nitrogens with zero attached hydrogens (tertiary/aromatic N) is 9. The van der Waals surface area contributed by atoms with Gasteiger partial charge in [0.1, 0.15) is 54.1 Å². The standard InChI is InChI=1S/C32H40N18O12/c33-3-17(55)44-20(13(51)6-48-2-1-16(54)47-32(48)62)29(58)36-4-18(56)45-21(14(52)7-49-11-42-23-25(34)38-9-40-27(23)49)30(59)37-5-19(57)46-22(31(60)61)15(53)8-50-12-43-24-26(35)39-10-41-28(24)50/h1-2,9-15,20-22,51-53H,3-8,33H2,(H,36,58)(H,37,59)(H,44,55)(H,45,56)(H,46,57)(H,60,61)(H2,34,38,40)(H2,35,39,41)(H,47,54,62)/t13-,14-,15-,20-,21-,22-/m0/s1. The summed E-state index contributed by atoms with van der Waals surface area (Å²) >= 11 is 0. The van der Waals surface area contributed by atoms with Gasteiger partial charge in [0, 0.05) is 12.3 Å². The first kappa shape index (κ1) is 45.1. The van der Waals surface area contributed by atoms with Gasteiger partial charge in [-0.3, -0.25) is 38.3 Å². The molecular weight excluding hydrogens is 828 g/mol. The lowest BCUT2D eigenvalue weighted by Gasteiger charge is -2.25. The van der Waals surface area contributed by atoms with Gasteiger partial charge in [0.2, 0.25) is 29.5 Å². The number of carboxylic acid groups (broad SMARTS) is 1. The number of aliphatic hydroxyl groups excluding tert-OH is 3. The number of aromatic amines is 1. The Morgan fingerprint density at radius 3 is 1.53 bits per heavy atom. The highest BCUT2D eigenvalue weighted by Crippen LogP contribution is 2.16. The molecule has 5 heterocycles. The molecule has 0 aliphatic rings. The van der Waals surface area contributed by atoms with Crippen molar-refractivity contribution in [2.24, 2.45) is 5.73 Å². The summed E-state index contributed by atoms with van der Waals surface area (Å²) in [5.41, 5.74) is 15.9. The number of aromatic nitrogens is 10. The summed E-state index contributed by atoms with van der Waals surface area (Å²) in [6, 6.07) is -4.70. The highest BCUT2D eigenvalue weighted by atomic mass is 16.4. The molecule has 5 amide bonds. The number of hydrogen-bond acceptors (Lipinski definition) is 20. The van der Waals surface area contributed by atoms with Gasteiger partial charge in [-0.15, -0.1) is 0 Å². The summed E-state index contributed by atoms with van der Waals surface area (Å²) in [5.74, 6) is -7.17. The van der Waals surface area contributed by atoms with Crippen molar-refractivity contribution >= 4 is 69.5 Å². The molecule has 30 nitrogen and oxygen atoms in total. The van der Waals surface area contributed by atoms with E-state index in [4.69, 9.17) is 17.2 Å². The van der Waals surface area contributed by atoms with Gasteiger partial charge >= 0.3 is 11.7 Å². The second kappa shape index (κ2) is 19.9. The fraction of sp³-hybridized carbons (Fsp3) is 0.375. The molecule has 0 saturated carbocycles. The second-order valence-electron chi connectivity index (χ2n) is 13.2. The van der Waals surface area contributed by atoms with Crippen LogP contribution in [0.3, 0.4) is 0 Å². The zero-order valence-corrected chi connectivity index (χ0v) is 32.0. The number of hydrogen-bond donors (Lipinski definition) is 13. The molecule has 0 aliphatic carbocycles. The second-order valence-corrected chi connectivity index (χ2v) is 13.2. The zero-order valence-electron chi connectivity index (χ0n) is 32.0. The van der Waals surface area contributed by atoms with E-state index in [1.165, 1.54) is 21.8 Å². The molecule has 0 spiro atoms. The van der Waals surface area contributed by atoms with Crippen LogP contribution < -0.4 is 55.0 Å². The molecule has 16 N–H and O–H groups in total. The highest BCUT2D eigenvalue weighted by molar-refractivity contribution is 5.94. The van der Waals surface area contributed by atoms with Crippen LogP contribution in [-0.2, 0) is 48.4 Å². The third-order valence-electron chi connectivity index (χ3n) is 8.87. The maximum absolute atomic E-state index is 13.5. The number of rotatable bonds is 20. The van der Waals surface area contributed by atoms with Crippen LogP contribution in [0.2, 0.25) is 0 Å². The minimum atomic E-state index is -1.93. The quantitative estimate of drug-likeness (QED) is 0.0345. The van der Waals surface area contributed by atoms with Crippen LogP contribution in [0.15, 0.2) is 47.2 Å². The number of nitrogens with one attached hydrogen (secondary N) is 6. The number of aliphatic carboxylic acids is 1. The molecule has 0 saturated heterocycles. The number of carbonyl (C=O) groups is 6. The van der Waals surface area contributed by atoms with Gasteiger partial charge in [-0.05, 0) is 0 Å². The maximum atomic E-state index is 13.5. The molecule has 6 atom stereocenters. The Balaban J connectivity index is 1.27. The molecule has 0 unspecified atom stereocenters. The molecule has 330 valence electrons. The minimum absolute atomic E-state index is 0.00810. The zero-order chi connectivity index (χ0) is 45.2. The average molecular weight is 869 g/mol. The first-order chi connectivity index (χ1) is 29.5. The fourth-order valence-electron chi connectivity index (χ4n) is 5.81. The maximum Gasteiger partial charge on any atom is 0.329 e. The largest absolute Gasteiger partial charge is 0.480 e. The Morgan fingerprint density at radius 2 is 1.08 bits per heavy atom. The van der Waals surface area contributed by atoms with Gasteiger partial charge in [-0.25, -0.2) is 39.5 Å². The summed E-state index contributed by atoms with van der Waals surface area (Å²) in [6.45, 7) is -4.05. The van der Waals surface area contributed by atoms with Crippen molar-refractivity contribution in [2.75, 3.05) is 31.1 Å². The van der Waals surface area contributed by atoms with Crippen LogP contribution in [0.1, 0.15) is 0 Å². The van der Waals surface area contributed by atoms with Crippen molar-refractivity contribution < 1.29 is 49.2 Å². The third kappa shape index (κ3) is 11.0. The number of carboxylic acids is 1. The first-order valence-electron chi connectivity index (χ1n) is 18.0. The van der Waals surface area contributed by atoms with Crippen molar-refractivity contribution in [2.45, 2.75) is 56.1 Å².